The van der Waals surface area contributed by atoms with Crippen LogP contribution in [0.2, 0.25) is 0 Å². The normalized spacial score (nSPS) is 18.5. The summed E-state index contributed by atoms with van der Waals surface area (Å²) in [6.45, 7) is 2.29. The molecule has 2 amide bonds. The topological polar surface area (TPSA) is 79.2 Å². The van der Waals surface area contributed by atoms with Gasteiger partial charge in [-0.3, -0.25) is 5.32 Å². The molecule has 0 spiro atoms. The second kappa shape index (κ2) is 6.19. The van der Waals surface area contributed by atoms with E-state index in [2.05, 4.69) is 10.6 Å². The van der Waals surface area contributed by atoms with E-state index < -0.39 is 5.60 Å². The maximum atomic E-state index is 12.4. The van der Waals surface area contributed by atoms with Crippen LogP contribution in [0.4, 0.5) is 10.6 Å². The zero-order valence-corrected chi connectivity index (χ0v) is 14.5. The van der Waals surface area contributed by atoms with Crippen molar-refractivity contribution in [3.63, 3.8) is 0 Å². The molecule has 0 unspecified atom stereocenters. The van der Waals surface area contributed by atoms with Crippen LogP contribution in [0.3, 0.4) is 0 Å². The Morgan fingerprint density at radius 2 is 2.04 bits per heavy atom. The van der Waals surface area contributed by atoms with E-state index in [-0.39, 0.29) is 12.6 Å². The van der Waals surface area contributed by atoms with Gasteiger partial charge in [0.2, 0.25) is 0 Å². The van der Waals surface area contributed by atoms with Gasteiger partial charge in [-0.25, -0.2) is 9.48 Å². The van der Waals surface area contributed by atoms with Gasteiger partial charge < -0.3 is 10.4 Å². The van der Waals surface area contributed by atoms with Crippen LogP contribution < -0.4 is 10.6 Å². The molecule has 2 aromatic rings. The molecule has 0 atom stereocenters. The van der Waals surface area contributed by atoms with Crippen LogP contribution in [0.25, 0.3) is 5.69 Å². The number of carbonyl (C=O) groups is 1. The Bertz CT molecular complexity index is 776. The van der Waals surface area contributed by atoms with Crippen molar-refractivity contribution in [1.29, 1.82) is 0 Å². The van der Waals surface area contributed by atoms with Crippen LogP contribution in [0.1, 0.15) is 49.3 Å². The predicted molar refractivity (Wildman–Crippen MR) is 96.1 cm³/mol. The van der Waals surface area contributed by atoms with Crippen LogP contribution >= 0.6 is 0 Å². The lowest BCUT2D eigenvalue weighted by Gasteiger charge is -2.36. The molecular weight excluding hydrogens is 316 g/mol. The van der Waals surface area contributed by atoms with Crippen molar-refractivity contribution in [2.75, 3.05) is 11.9 Å². The van der Waals surface area contributed by atoms with Crippen molar-refractivity contribution in [3.05, 3.63) is 41.6 Å². The summed E-state index contributed by atoms with van der Waals surface area (Å²) in [4.78, 5) is 12.4. The first kappa shape index (κ1) is 16.1. The summed E-state index contributed by atoms with van der Waals surface area (Å²) in [6.07, 6.45) is 4.83. The summed E-state index contributed by atoms with van der Waals surface area (Å²) >= 11 is 0. The molecule has 3 N–H and O–H groups in total. The Labute approximate surface area is 147 Å². The fourth-order valence-electron chi connectivity index (χ4n) is 3.32. The first-order valence-electron chi connectivity index (χ1n) is 8.98. The highest BCUT2D eigenvalue weighted by molar-refractivity contribution is 5.89. The smallest absolute Gasteiger partial charge is 0.320 e. The largest absolute Gasteiger partial charge is 0.388 e. The molecule has 2 saturated carbocycles. The van der Waals surface area contributed by atoms with E-state index in [1.54, 1.807) is 4.68 Å². The lowest BCUT2D eigenvalue weighted by Crippen LogP contribution is -2.48. The number of nitrogens with zero attached hydrogens (tertiary/aromatic N) is 2. The van der Waals surface area contributed by atoms with Gasteiger partial charge >= 0.3 is 6.03 Å². The molecule has 2 fully saturated rings. The third-order valence-corrected chi connectivity index (χ3v) is 5.22. The SMILES string of the molecule is Cc1c(C2CC2)nn(-c2ccccc2)c1NC(=O)NCC1(O)CCC1. The number of urea groups is 1. The molecule has 0 bridgehead atoms. The van der Waals surface area contributed by atoms with Crippen molar-refractivity contribution in [2.45, 2.75) is 50.5 Å². The second-order valence-electron chi connectivity index (χ2n) is 7.27. The fraction of sp³-hybridized carbons (Fsp3) is 0.474. The minimum Gasteiger partial charge on any atom is -0.388 e. The number of aliphatic hydroxyl groups is 1. The third kappa shape index (κ3) is 3.26. The molecule has 4 rings (SSSR count). The van der Waals surface area contributed by atoms with E-state index in [1.807, 2.05) is 37.3 Å². The molecular formula is C19H24N4O2. The van der Waals surface area contributed by atoms with Gasteiger partial charge in [0.15, 0.2) is 0 Å². The molecule has 2 aliphatic rings. The molecule has 0 aliphatic heterocycles. The van der Waals surface area contributed by atoms with Gasteiger partial charge in [-0.1, -0.05) is 18.2 Å². The Kier molecular flexibility index (Phi) is 4.00. The summed E-state index contributed by atoms with van der Waals surface area (Å²) in [5, 5.41) is 20.6. The van der Waals surface area contributed by atoms with E-state index in [4.69, 9.17) is 5.10 Å². The maximum Gasteiger partial charge on any atom is 0.320 e. The molecule has 0 saturated heterocycles. The van der Waals surface area contributed by atoms with Crippen molar-refractivity contribution >= 4 is 11.8 Å². The summed E-state index contributed by atoms with van der Waals surface area (Å²) in [5.74, 6) is 1.20. The number of amides is 2. The first-order valence-corrected chi connectivity index (χ1v) is 8.98. The molecule has 2 aliphatic carbocycles. The van der Waals surface area contributed by atoms with Crippen molar-refractivity contribution in [1.82, 2.24) is 15.1 Å². The predicted octanol–water partition coefficient (Wildman–Crippen LogP) is 3.09. The molecule has 1 aromatic heterocycles. The highest BCUT2D eigenvalue weighted by Gasteiger charge is 2.35. The van der Waals surface area contributed by atoms with E-state index in [9.17, 15) is 9.90 Å². The molecule has 6 nitrogen and oxygen atoms in total. The van der Waals surface area contributed by atoms with Gasteiger partial charge in [-0.05, 0) is 51.2 Å². The highest BCUT2D eigenvalue weighted by Crippen LogP contribution is 2.42. The summed E-state index contributed by atoms with van der Waals surface area (Å²) in [7, 11) is 0. The minimum absolute atomic E-state index is 0.285. The van der Waals surface area contributed by atoms with E-state index in [0.29, 0.717) is 11.7 Å². The quantitative estimate of drug-likeness (QED) is 0.782. The van der Waals surface area contributed by atoms with Crippen LogP contribution in [0, 0.1) is 6.92 Å². The number of nitrogens with one attached hydrogen (secondary N) is 2. The third-order valence-electron chi connectivity index (χ3n) is 5.22. The molecule has 1 heterocycles. The molecule has 25 heavy (non-hydrogen) atoms. The van der Waals surface area contributed by atoms with Gasteiger partial charge in [-0.15, -0.1) is 0 Å². The minimum atomic E-state index is -0.731. The number of para-hydroxylation sites is 1. The summed E-state index contributed by atoms with van der Waals surface area (Å²) in [6, 6.07) is 9.52. The van der Waals surface area contributed by atoms with Crippen LogP contribution in [-0.4, -0.2) is 33.1 Å². The van der Waals surface area contributed by atoms with Crippen LogP contribution in [-0.2, 0) is 0 Å². The standard InChI is InChI=1S/C19H24N4O2/c1-13-16(14-8-9-14)22-23(15-6-3-2-4-7-15)17(13)21-18(24)20-12-19(25)10-5-11-19/h2-4,6-7,14,25H,5,8-12H2,1H3,(H2,20,21,24). The van der Waals surface area contributed by atoms with E-state index >= 15 is 0 Å². The van der Waals surface area contributed by atoms with Crippen molar-refractivity contribution in [3.8, 4) is 5.69 Å². The van der Waals surface area contributed by atoms with Gasteiger partial charge in [-0.2, -0.15) is 5.10 Å². The zero-order chi connectivity index (χ0) is 17.4. The maximum absolute atomic E-state index is 12.4. The number of benzene rings is 1. The van der Waals surface area contributed by atoms with Gasteiger partial charge in [0.1, 0.15) is 5.82 Å². The molecule has 1 aromatic carbocycles. The summed E-state index contributed by atoms with van der Waals surface area (Å²) < 4.78 is 1.81. The van der Waals surface area contributed by atoms with Crippen LogP contribution in [0.5, 0.6) is 0 Å². The number of anilines is 1. The van der Waals surface area contributed by atoms with E-state index in [0.717, 1.165) is 49.0 Å². The molecule has 6 heteroatoms. The van der Waals surface area contributed by atoms with Gasteiger partial charge in [0, 0.05) is 18.0 Å². The van der Waals surface area contributed by atoms with Gasteiger partial charge in [0.05, 0.1) is 17.0 Å². The van der Waals surface area contributed by atoms with Crippen molar-refractivity contribution < 1.29 is 9.90 Å². The Hall–Kier alpha value is -2.34. The van der Waals surface area contributed by atoms with E-state index in [1.165, 1.54) is 0 Å². The van der Waals surface area contributed by atoms with Crippen LogP contribution in [0.15, 0.2) is 30.3 Å². The highest BCUT2D eigenvalue weighted by atomic mass is 16.3. The lowest BCUT2D eigenvalue weighted by molar-refractivity contribution is -0.0287. The summed E-state index contributed by atoms with van der Waals surface area (Å²) in [5.41, 5.74) is 2.27. The number of hydrogen-bond acceptors (Lipinski definition) is 3. The Morgan fingerprint density at radius 3 is 2.64 bits per heavy atom. The molecule has 0 radical (unpaired) electrons. The average Bonchev–Trinajstić information content (AvgIpc) is 3.38. The number of rotatable bonds is 5. The molecule has 132 valence electrons. The van der Waals surface area contributed by atoms with Crippen molar-refractivity contribution in [2.24, 2.45) is 0 Å². The monoisotopic (exact) mass is 340 g/mol. The Morgan fingerprint density at radius 1 is 1.32 bits per heavy atom. The number of hydrogen-bond donors (Lipinski definition) is 3. The lowest BCUT2D eigenvalue weighted by atomic mass is 9.80. The second-order valence-corrected chi connectivity index (χ2v) is 7.27. The fourth-order valence-corrected chi connectivity index (χ4v) is 3.32. The first-order chi connectivity index (χ1) is 12.1. The average molecular weight is 340 g/mol. The number of aromatic nitrogens is 2. The Balaban J connectivity index is 1.56. The zero-order valence-electron chi connectivity index (χ0n) is 14.5. The van der Waals surface area contributed by atoms with Gasteiger partial charge in [0.25, 0.3) is 0 Å². The number of carbonyl (C=O) groups excluding carboxylic acids is 1.